The predicted molar refractivity (Wildman–Crippen MR) is 79.3 cm³/mol. The van der Waals surface area contributed by atoms with Gasteiger partial charge >= 0.3 is 6.09 Å². The molecule has 20 heavy (non-hydrogen) atoms. The van der Waals surface area contributed by atoms with Crippen LogP contribution in [0.3, 0.4) is 0 Å². The molecule has 3 N–H and O–H groups in total. The zero-order valence-corrected chi connectivity index (χ0v) is 11.4. The molecular formula is C16H18N2O2. The van der Waals surface area contributed by atoms with Gasteiger partial charge in [0, 0.05) is 12.2 Å². The van der Waals surface area contributed by atoms with Gasteiger partial charge in [-0.05, 0) is 30.2 Å². The van der Waals surface area contributed by atoms with E-state index in [9.17, 15) is 4.79 Å². The maximum absolute atomic E-state index is 11.8. The molecule has 4 heteroatoms. The first kappa shape index (κ1) is 14.1. The van der Waals surface area contributed by atoms with Crippen LogP contribution in [-0.2, 0) is 11.3 Å². The minimum Gasteiger partial charge on any atom is -0.441 e. The molecule has 2 rings (SSSR count). The first-order chi connectivity index (χ1) is 9.69. The van der Waals surface area contributed by atoms with Crippen LogP contribution in [-0.4, -0.2) is 6.09 Å². The van der Waals surface area contributed by atoms with Crippen molar-refractivity contribution >= 4 is 11.8 Å². The van der Waals surface area contributed by atoms with Crippen molar-refractivity contribution in [2.45, 2.75) is 19.6 Å². The van der Waals surface area contributed by atoms with E-state index in [2.05, 4.69) is 5.32 Å². The molecule has 0 bridgehead atoms. The molecule has 0 spiro atoms. The Kier molecular flexibility index (Phi) is 4.74. The molecule has 1 atom stereocenters. The van der Waals surface area contributed by atoms with Gasteiger partial charge in [0.05, 0.1) is 0 Å². The number of anilines is 1. The van der Waals surface area contributed by atoms with Crippen molar-refractivity contribution in [3.8, 4) is 0 Å². The Balaban J connectivity index is 1.91. The fraction of sp³-hybridized carbons (Fsp3) is 0.188. The van der Waals surface area contributed by atoms with Crippen molar-refractivity contribution in [1.82, 2.24) is 0 Å². The third-order valence-electron chi connectivity index (χ3n) is 2.99. The van der Waals surface area contributed by atoms with Gasteiger partial charge in [0.15, 0.2) is 0 Å². The van der Waals surface area contributed by atoms with E-state index < -0.39 is 6.09 Å². The van der Waals surface area contributed by atoms with E-state index in [0.29, 0.717) is 12.2 Å². The number of hydrogen-bond donors (Lipinski definition) is 2. The SMILES string of the molecule is CC(OC(=O)Nc1ccc(CN)cc1)c1ccccc1. The molecule has 4 nitrogen and oxygen atoms in total. The number of hydrogen-bond acceptors (Lipinski definition) is 3. The molecule has 0 heterocycles. The van der Waals surface area contributed by atoms with Crippen LogP contribution >= 0.6 is 0 Å². The quantitative estimate of drug-likeness (QED) is 0.894. The second-order valence-electron chi connectivity index (χ2n) is 4.48. The molecule has 0 aromatic heterocycles. The van der Waals surface area contributed by atoms with Gasteiger partial charge in [-0.2, -0.15) is 0 Å². The highest BCUT2D eigenvalue weighted by Crippen LogP contribution is 2.17. The molecule has 2 aromatic carbocycles. The molecule has 1 amide bonds. The molecule has 0 saturated carbocycles. The standard InChI is InChI=1S/C16H18N2O2/c1-12(14-5-3-2-4-6-14)20-16(19)18-15-9-7-13(11-17)8-10-15/h2-10,12H,11,17H2,1H3,(H,18,19). The van der Waals surface area contributed by atoms with Crippen molar-refractivity contribution in [3.05, 3.63) is 65.7 Å². The van der Waals surface area contributed by atoms with E-state index in [1.165, 1.54) is 0 Å². The van der Waals surface area contributed by atoms with Crippen molar-refractivity contribution in [1.29, 1.82) is 0 Å². The minimum absolute atomic E-state index is 0.292. The number of amides is 1. The molecule has 2 aromatic rings. The third-order valence-corrected chi connectivity index (χ3v) is 2.99. The third kappa shape index (κ3) is 3.83. The predicted octanol–water partition coefficient (Wildman–Crippen LogP) is 3.46. The highest BCUT2D eigenvalue weighted by molar-refractivity contribution is 5.84. The Labute approximate surface area is 118 Å². The van der Waals surface area contributed by atoms with Gasteiger partial charge < -0.3 is 10.5 Å². The Hall–Kier alpha value is -2.33. The Morgan fingerprint density at radius 3 is 2.40 bits per heavy atom. The van der Waals surface area contributed by atoms with E-state index in [4.69, 9.17) is 10.5 Å². The zero-order chi connectivity index (χ0) is 14.4. The lowest BCUT2D eigenvalue weighted by Gasteiger charge is -2.14. The fourth-order valence-corrected chi connectivity index (χ4v) is 1.82. The minimum atomic E-state index is -0.471. The lowest BCUT2D eigenvalue weighted by Crippen LogP contribution is -2.16. The number of rotatable bonds is 4. The van der Waals surface area contributed by atoms with Gasteiger partial charge in [-0.15, -0.1) is 0 Å². The van der Waals surface area contributed by atoms with Crippen molar-refractivity contribution in [3.63, 3.8) is 0 Å². The lowest BCUT2D eigenvalue weighted by atomic mass is 10.1. The first-order valence-electron chi connectivity index (χ1n) is 6.50. The van der Waals surface area contributed by atoms with Crippen LogP contribution in [0.15, 0.2) is 54.6 Å². The van der Waals surface area contributed by atoms with Crippen molar-refractivity contribution < 1.29 is 9.53 Å². The molecule has 0 aliphatic rings. The van der Waals surface area contributed by atoms with Gasteiger partial charge in [-0.3, -0.25) is 5.32 Å². The topological polar surface area (TPSA) is 64.3 Å². The normalized spacial score (nSPS) is 11.7. The smallest absolute Gasteiger partial charge is 0.412 e. The molecule has 1 unspecified atom stereocenters. The molecule has 104 valence electrons. The number of carbonyl (C=O) groups excluding carboxylic acids is 1. The van der Waals surface area contributed by atoms with Crippen molar-refractivity contribution in [2.24, 2.45) is 5.73 Å². The highest BCUT2D eigenvalue weighted by Gasteiger charge is 2.11. The van der Waals surface area contributed by atoms with Crippen LogP contribution in [0.1, 0.15) is 24.2 Å². The number of nitrogens with one attached hydrogen (secondary N) is 1. The van der Waals surface area contributed by atoms with Crippen LogP contribution in [0.2, 0.25) is 0 Å². The average Bonchev–Trinajstić information content (AvgIpc) is 2.49. The molecule has 0 radical (unpaired) electrons. The second-order valence-corrected chi connectivity index (χ2v) is 4.48. The summed E-state index contributed by atoms with van der Waals surface area (Å²) >= 11 is 0. The van der Waals surface area contributed by atoms with Gasteiger partial charge in [0.2, 0.25) is 0 Å². The van der Waals surface area contributed by atoms with Gasteiger partial charge in [-0.1, -0.05) is 42.5 Å². The fourth-order valence-electron chi connectivity index (χ4n) is 1.82. The number of carbonyl (C=O) groups is 1. The summed E-state index contributed by atoms with van der Waals surface area (Å²) < 4.78 is 5.32. The summed E-state index contributed by atoms with van der Waals surface area (Å²) in [4.78, 5) is 11.8. The van der Waals surface area contributed by atoms with Crippen molar-refractivity contribution in [2.75, 3.05) is 5.32 Å². The van der Waals surface area contributed by atoms with Crippen LogP contribution in [0, 0.1) is 0 Å². The zero-order valence-electron chi connectivity index (χ0n) is 11.4. The summed E-state index contributed by atoms with van der Waals surface area (Å²) in [5.74, 6) is 0. The Morgan fingerprint density at radius 2 is 1.80 bits per heavy atom. The lowest BCUT2D eigenvalue weighted by molar-refractivity contribution is 0.121. The summed E-state index contributed by atoms with van der Waals surface area (Å²) in [5, 5.41) is 2.69. The highest BCUT2D eigenvalue weighted by atomic mass is 16.6. The summed E-state index contributed by atoms with van der Waals surface area (Å²) in [6.45, 7) is 2.32. The summed E-state index contributed by atoms with van der Waals surface area (Å²) in [7, 11) is 0. The maximum Gasteiger partial charge on any atom is 0.412 e. The second kappa shape index (κ2) is 6.73. The largest absolute Gasteiger partial charge is 0.441 e. The summed E-state index contributed by atoms with van der Waals surface area (Å²) in [6.07, 6.45) is -0.763. The number of benzene rings is 2. The van der Waals surface area contributed by atoms with E-state index in [1.54, 1.807) is 12.1 Å². The molecule has 0 fully saturated rings. The van der Waals surface area contributed by atoms with E-state index >= 15 is 0 Å². The van der Waals surface area contributed by atoms with Crippen LogP contribution in [0.25, 0.3) is 0 Å². The van der Waals surface area contributed by atoms with Gasteiger partial charge in [-0.25, -0.2) is 4.79 Å². The van der Waals surface area contributed by atoms with Gasteiger partial charge in [0.1, 0.15) is 6.10 Å². The van der Waals surface area contributed by atoms with E-state index in [1.807, 2.05) is 49.4 Å². The van der Waals surface area contributed by atoms with Crippen LogP contribution < -0.4 is 11.1 Å². The Morgan fingerprint density at radius 1 is 1.15 bits per heavy atom. The average molecular weight is 270 g/mol. The van der Waals surface area contributed by atoms with Crippen LogP contribution in [0.4, 0.5) is 10.5 Å². The molecule has 0 saturated heterocycles. The van der Waals surface area contributed by atoms with Gasteiger partial charge in [0.25, 0.3) is 0 Å². The van der Waals surface area contributed by atoms with Crippen LogP contribution in [0.5, 0.6) is 0 Å². The first-order valence-corrected chi connectivity index (χ1v) is 6.50. The summed E-state index contributed by atoms with van der Waals surface area (Å²) in [5.41, 5.74) is 8.18. The summed E-state index contributed by atoms with van der Waals surface area (Å²) in [6, 6.07) is 17.0. The number of ether oxygens (including phenoxy) is 1. The monoisotopic (exact) mass is 270 g/mol. The number of nitrogens with two attached hydrogens (primary N) is 1. The van der Waals surface area contributed by atoms with E-state index in [0.717, 1.165) is 11.1 Å². The molecular weight excluding hydrogens is 252 g/mol. The maximum atomic E-state index is 11.8. The molecule has 0 aliphatic heterocycles. The molecule has 0 aliphatic carbocycles. The van der Waals surface area contributed by atoms with E-state index in [-0.39, 0.29) is 6.10 Å². The Bertz CT molecular complexity index is 552.